The second-order valence-corrected chi connectivity index (χ2v) is 8.99. The molecule has 1 aromatic heterocycles. The molecule has 2 N–H and O–H groups in total. The molecule has 0 aliphatic carbocycles. The lowest BCUT2D eigenvalue weighted by atomic mass is 10.0. The maximum atomic E-state index is 12.9. The van der Waals surface area contributed by atoms with Gasteiger partial charge in [-0.2, -0.15) is 0 Å². The third-order valence-electron chi connectivity index (χ3n) is 4.98. The molecule has 0 unspecified atom stereocenters. The van der Waals surface area contributed by atoms with Gasteiger partial charge in [0.1, 0.15) is 23.5 Å². The van der Waals surface area contributed by atoms with Gasteiger partial charge in [-0.3, -0.25) is 19.4 Å². The van der Waals surface area contributed by atoms with Crippen molar-refractivity contribution in [1.29, 1.82) is 0 Å². The molecule has 2 aromatic rings. The molecule has 8 heteroatoms. The summed E-state index contributed by atoms with van der Waals surface area (Å²) in [4.78, 5) is 43.2. The topological polar surface area (TPSA) is 109 Å². The number of ether oxygens (including phenoxy) is 1. The van der Waals surface area contributed by atoms with Gasteiger partial charge in [0.25, 0.3) is 11.8 Å². The monoisotopic (exact) mass is 451 g/mol. The standard InChI is InChI=1S/C25H29N3O5/c1-16-5-10-19(26-13-16)18-8-6-17(7-9-18)15-28-12-11-20(29)22(24(28)32)23(31)27-14-21(30)33-25(2,3)4/h5-10,13,29H,11-12,14-15H2,1-4H3,(H,27,31). The van der Waals surface area contributed by atoms with Crippen molar-refractivity contribution in [3.63, 3.8) is 0 Å². The van der Waals surface area contributed by atoms with Crippen LogP contribution in [-0.4, -0.2) is 51.5 Å². The molecule has 1 aliphatic rings. The number of aryl methyl sites for hydroxylation is 1. The number of aliphatic hydroxyl groups is 1. The normalized spacial score (nSPS) is 14.3. The van der Waals surface area contributed by atoms with Gasteiger partial charge in [-0.25, -0.2) is 0 Å². The SMILES string of the molecule is Cc1ccc(-c2ccc(CN3CCC(O)=C(C(=O)NCC(=O)OC(C)(C)C)C3=O)cc2)nc1. The van der Waals surface area contributed by atoms with E-state index in [-0.39, 0.29) is 30.8 Å². The molecule has 0 fully saturated rings. The van der Waals surface area contributed by atoms with Crippen LogP contribution in [0.3, 0.4) is 0 Å². The highest BCUT2D eigenvalue weighted by molar-refractivity contribution is 6.19. The summed E-state index contributed by atoms with van der Waals surface area (Å²) in [5.74, 6) is -2.28. The van der Waals surface area contributed by atoms with Gasteiger partial charge >= 0.3 is 5.97 Å². The highest BCUT2D eigenvalue weighted by atomic mass is 16.6. The van der Waals surface area contributed by atoms with E-state index in [0.29, 0.717) is 0 Å². The summed E-state index contributed by atoms with van der Waals surface area (Å²) >= 11 is 0. The number of hydrogen-bond donors (Lipinski definition) is 2. The molecule has 1 aliphatic heterocycles. The molecular formula is C25H29N3O5. The van der Waals surface area contributed by atoms with Gasteiger partial charge in [0.2, 0.25) is 0 Å². The zero-order valence-corrected chi connectivity index (χ0v) is 19.3. The number of esters is 1. The van der Waals surface area contributed by atoms with Crippen molar-refractivity contribution >= 4 is 17.8 Å². The molecule has 2 heterocycles. The van der Waals surface area contributed by atoms with Crippen molar-refractivity contribution in [3.8, 4) is 11.3 Å². The third-order valence-corrected chi connectivity index (χ3v) is 4.98. The van der Waals surface area contributed by atoms with Crippen LogP contribution in [0.5, 0.6) is 0 Å². The van der Waals surface area contributed by atoms with Crippen molar-refractivity contribution in [2.75, 3.05) is 13.1 Å². The van der Waals surface area contributed by atoms with Gasteiger partial charge < -0.3 is 20.1 Å². The largest absolute Gasteiger partial charge is 0.511 e. The number of carbonyl (C=O) groups excluding carboxylic acids is 3. The van der Waals surface area contributed by atoms with E-state index in [2.05, 4.69) is 10.3 Å². The Hall–Kier alpha value is -3.68. The van der Waals surface area contributed by atoms with Crippen LogP contribution in [0.4, 0.5) is 0 Å². The average Bonchev–Trinajstić information content (AvgIpc) is 2.74. The molecule has 33 heavy (non-hydrogen) atoms. The Morgan fingerprint density at radius 1 is 1.15 bits per heavy atom. The minimum absolute atomic E-state index is 0.159. The Labute approximate surface area is 193 Å². The molecule has 3 rings (SSSR count). The number of aliphatic hydroxyl groups excluding tert-OH is 1. The summed E-state index contributed by atoms with van der Waals surface area (Å²) in [5, 5.41) is 12.5. The predicted molar refractivity (Wildman–Crippen MR) is 123 cm³/mol. The highest BCUT2D eigenvalue weighted by Gasteiger charge is 2.32. The van der Waals surface area contributed by atoms with Gasteiger partial charge in [0.05, 0.1) is 5.69 Å². The van der Waals surface area contributed by atoms with Crippen LogP contribution in [0.2, 0.25) is 0 Å². The summed E-state index contributed by atoms with van der Waals surface area (Å²) in [7, 11) is 0. The summed E-state index contributed by atoms with van der Waals surface area (Å²) in [5.41, 5.74) is 2.76. The summed E-state index contributed by atoms with van der Waals surface area (Å²) in [6.45, 7) is 7.31. The molecule has 0 atom stereocenters. The Kier molecular flexibility index (Phi) is 7.16. The van der Waals surface area contributed by atoms with Crippen LogP contribution < -0.4 is 5.32 Å². The average molecular weight is 452 g/mol. The van der Waals surface area contributed by atoms with E-state index in [9.17, 15) is 19.5 Å². The quantitative estimate of drug-likeness (QED) is 0.516. The molecule has 0 saturated heterocycles. The molecule has 2 amide bonds. The fourth-order valence-corrected chi connectivity index (χ4v) is 3.39. The Morgan fingerprint density at radius 2 is 1.85 bits per heavy atom. The minimum Gasteiger partial charge on any atom is -0.511 e. The number of rotatable bonds is 6. The molecule has 0 radical (unpaired) electrons. The van der Waals surface area contributed by atoms with Crippen LogP contribution in [0.25, 0.3) is 11.3 Å². The molecule has 0 bridgehead atoms. The number of amides is 2. The summed E-state index contributed by atoms with van der Waals surface area (Å²) < 4.78 is 5.14. The van der Waals surface area contributed by atoms with Crippen LogP contribution in [0.15, 0.2) is 53.9 Å². The van der Waals surface area contributed by atoms with Crippen molar-refractivity contribution in [1.82, 2.24) is 15.2 Å². The van der Waals surface area contributed by atoms with Crippen molar-refractivity contribution < 1.29 is 24.2 Å². The smallest absolute Gasteiger partial charge is 0.325 e. The minimum atomic E-state index is -0.797. The molecule has 8 nitrogen and oxygen atoms in total. The number of nitrogens with one attached hydrogen (secondary N) is 1. The molecule has 1 aromatic carbocycles. The van der Waals surface area contributed by atoms with Gasteiger partial charge in [0.15, 0.2) is 0 Å². The van der Waals surface area contributed by atoms with E-state index < -0.39 is 29.9 Å². The fraction of sp³-hybridized carbons (Fsp3) is 0.360. The number of aromatic nitrogens is 1. The van der Waals surface area contributed by atoms with Gasteiger partial charge in [-0.15, -0.1) is 0 Å². The van der Waals surface area contributed by atoms with E-state index in [1.807, 2.05) is 49.5 Å². The number of hydrogen-bond acceptors (Lipinski definition) is 6. The highest BCUT2D eigenvalue weighted by Crippen LogP contribution is 2.22. The van der Waals surface area contributed by atoms with E-state index in [4.69, 9.17) is 4.74 Å². The lowest BCUT2D eigenvalue weighted by Gasteiger charge is -2.28. The Balaban J connectivity index is 1.63. The molecule has 0 saturated carbocycles. The van der Waals surface area contributed by atoms with Gasteiger partial charge in [-0.05, 0) is 44.9 Å². The van der Waals surface area contributed by atoms with Crippen molar-refractivity contribution in [3.05, 3.63) is 65.1 Å². The lowest BCUT2D eigenvalue weighted by Crippen LogP contribution is -2.43. The Bertz CT molecular complexity index is 1070. The van der Waals surface area contributed by atoms with Crippen molar-refractivity contribution in [2.45, 2.75) is 46.3 Å². The number of pyridine rings is 1. The van der Waals surface area contributed by atoms with E-state index in [1.54, 1.807) is 20.8 Å². The third kappa shape index (κ3) is 6.41. The van der Waals surface area contributed by atoms with Crippen LogP contribution in [-0.2, 0) is 25.7 Å². The zero-order valence-electron chi connectivity index (χ0n) is 19.3. The molecule has 0 spiro atoms. The first-order valence-corrected chi connectivity index (χ1v) is 10.8. The second-order valence-electron chi connectivity index (χ2n) is 8.99. The first kappa shape index (κ1) is 24.0. The summed E-state index contributed by atoms with van der Waals surface area (Å²) in [6.07, 6.45) is 1.97. The first-order valence-electron chi connectivity index (χ1n) is 10.8. The fourth-order valence-electron chi connectivity index (χ4n) is 3.39. The number of nitrogens with zero attached hydrogens (tertiary/aromatic N) is 2. The van der Waals surface area contributed by atoms with Crippen LogP contribution in [0, 0.1) is 6.92 Å². The second kappa shape index (κ2) is 9.85. The van der Waals surface area contributed by atoms with Crippen LogP contribution in [0.1, 0.15) is 38.3 Å². The van der Waals surface area contributed by atoms with Gasteiger partial charge in [0, 0.05) is 31.3 Å². The first-order chi connectivity index (χ1) is 15.5. The number of benzene rings is 1. The van der Waals surface area contributed by atoms with E-state index in [1.165, 1.54) is 4.90 Å². The van der Waals surface area contributed by atoms with E-state index in [0.717, 1.165) is 22.4 Å². The maximum absolute atomic E-state index is 12.9. The Morgan fingerprint density at radius 3 is 2.45 bits per heavy atom. The van der Waals surface area contributed by atoms with Crippen molar-refractivity contribution in [2.24, 2.45) is 0 Å². The molecule has 174 valence electrons. The van der Waals surface area contributed by atoms with Gasteiger partial charge in [-0.1, -0.05) is 30.3 Å². The molecular weight excluding hydrogens is 422 g/mol. The zero-order chi connectivity index (χ0) is 24.2. The summed E-state index contributed by atoms with van der Waals surface area (Å²) in [6, 6.07) is 11.6. The van der Waals surface area contributed by atoms with E-state index >= 15 is 0 Å². The lowest BCUT2D eigenvalue weighted by molar-refractivity contribution is -0.154. The maximum Gasteiger partial charge on any atom is 0.325 e. The number of carbonyl (C=O) groups is 3. The van der Waals surface area contributed by atoms with Crippen LogP contribution >= 0.6 is 0 Å². The predicted octanol–water partition coefficient (Wildman–Crippen LogP) is 3.06.